The molecule has 94 valence electrons. The van der Waals surface area contributed by atoms with Gasteiger partial charge in [-0.3, -0.25) is 9.69 Å². The number of likely N-dealkylation sites (tertiary alicyclic amines) is 1. The van der Waals surface area contributed by atoms with Crippen LogP contribution in [0.2, 0.25) is 0 Å². The summed E-state index contributed by atoms with van der Waals surface area (Å²) in [5.74, 6) is -0.648. The topological polar surface area (TPSA) is 70.0 Å². The number of hydrogen-bond acceptors (Lipinski definition) is 4. The van der Waals surface area contributed by atoms with Crippen LogP contribution in [0.5, 0.6) is 0 Å². The molecule has 1 aliphatic rings. The van der Waals surface area contributed by atoms with Gasteiger partial charge in [0.25, 0.3) is 0 Å². The molecular weight excluding hydrogens is 210 g/mol. The van der Waals surface area contributed by atoms with E-state index >= 15 is 0 Å². The van der Waals surface area contributed by atoms with Crippen molar-refractivity contribution in [1.29, 1.82) is 0 Å². The fourth-order valence-electron chi connectivity index (χ4n) is 2.21. The number of β-amino-alcohol motifs (C(OH)–C–C–N with tert-alkyl or cyclic N) is 1. The molecule has 2 N–H and O–H groups in total. The van der Waals surface area contributed by atoms with Crippen LogP contribution in [0.3, 0.4) is 0 Å². The lowest BCUT2D eigenvalue weighted by atomic mass is 10.0. The first-order valence-electron chi connectivity index (χ1n) is 5.79. The number of rotatable bonds is 6. The van der Waals surface area contributed by atoms with Gasteiger partial charge in [0.2, 0.25) is 0 Å². The summed E-state index contributed by atoms with van der Waals surface area (Å²) in [6.07, 6.45) is 0.269. The maximum atomic E-state index is 11.1. The van der Waals surface area contributed by atoms with Gasteiger partial charge in [-0.05, 0) is 25.8 Å². The van der Waals surface area contributed by atoms with Gasteiger partial charge in [0, 0.05) is 13.2 Å². The van der Waals surface area contributed by atoms with Crippen molar-refractivity contribution < 1.29 is 19.7 Å². The lowest BCUT2D eigenvalue weighted by Gasteiger charge is -2.25. The lowest BCUT2D eigenvalue weighted by Crippen LogP contribution is -2.43. The summed E-state index contributed by atoms with van der Waals surface area (Å²) in [6, 6.07) is -0.462. The first kappa shape index (κ1) is 13.4. The molecule has 0 aliphatic carbocycles. The number of ether oxygens (including phenoxy) is 1. The Hall–Kier alpha value is -0.650. The highest BCUT2D eigenvalue weighted by Gasteiger charge is 2.37. The van der Waals surface area contributed by atoms with Gasteiger partial charge in [0.1, 0.15) is 6.04 Å². The largest absolute Gasteiger partial charge is 0.480 e. The minimum atomic E-state index is -0.798. The Bertz CT molecular complexity index is 234. The molecule has 1 saturated heterocycles. The third-order valence-corrected chi connectivity index (χ3v) is 3.02. The summed E-state index contributed by atoms with van der Waals surface area (Å²) in [4.78, 5) is 12.9. The molecule has 0 saturated carbocycles. The molecule has 0 spiro atoms. The SMILES string of the molecule is CCOCC(O)CN1CCC(C)C1C(=O)O. The van der Waals surface area contributed by atoms with Gasteiger partial charge in [-0.2, -0.15) is 0 Å². The highest BCUT2D eigenvalue weighted by Crippen LogP contribution is 2.24. The second-order valence-electron chi connectivity index (χ2n) is 4.36. The van der Waals surface area contributed by atoms with Gasteiger partial charge in [-0.25, -0.2) is 0 Å². The molecule has 16 heavy (non-hydrogen) atoms. The highest BCUT2D eigenvalue weighted by molar-refractivity contribution is 5.74. The predicted molar refractivity (Wildman–Crippen MR) is 59.3 cm³/mol. The molecule has 1 heterocycles. The number of aliphatic carboxylic acids is 1. The van der Waals surface area contributed by atoms with Crippen molar-refractivity contribution in [1.82, 2.24) is 4.90 Å². The van der Waals surface area contributed by atoms with Crippen molar-refractivity contribution in [3.63, 3.8) is 0 Å². The van der Waals surface area contributed by atoms with Crippen molar-refractivity contribution >= 4 is 5.97 Å². The number of carboxylic acids is 1. The molecule has 1 aliphatic heterocycles. The molecule has 0 amide bonds. The van der Waals surface area contributed by atoms with E-state index in [-0.39, 0.29) is 12.5 Å². The molecule has 5 heteroatoms. The Morgan fingerprint density at radius 2 is 2.31 bits per heavy atom. The molecule has 1 rings (SSSR count). The van der Waals surface area contributed by atoms with E-state index in [1.807, 2.05) is 18.7 Å². The number of nitrogens with zero attached hydrogens (tertiary/aromatic N) is 1. The maximum Gasteiger partial charge on any atom is 0.321 e. The standard InChI is InChI=1S/C11H21NO4/c1-3-16-7-9(13)6-12-5-4-8(2)10(12)11(14)15/h8-10,13H,3-7H2,1-2H3,(H,14,15). The van der Waals surface area contributed by atoms with E-state index in [1.165, 1.54) is 0 Å². The Kier molecular flexibility index (Phi) is 5.18. The van der Waals surface area contributed by atoms with Crippen molar-refractivity contribution in [3.8, 4) is 0 Å². The van der Waals surface area contributed by atoms with Gasteiger partial charge in [0.05, 0.1) is 12.7 Å². The van der Waals surface area contributed by atoms with E-state index in [0.717, 1.165) is 13.0 Å². The van der Waals surface area contributed by atoms with E-state index in [4.69, 9.17) is 9.84 Å². The van der Waals surface area contributed by atoms with Gasteiger partial charge in [-0.15, -0.1) is 0 Å². The van der Waals surface area contributed by atoms with Gasteiger partial charge < -0.3 is 14.9 Å². The minimum Gasteiger partial charge on any atom is -0.480 e. The van der Waals surface area contributed by atoms with Crippen LogP contribution >= 0.6 is 0 Å². The average Bonchev–Trinajstić information content (AvgIpc) is 2.56. The van der Waals surface area contributed by atoms with Crippen LogP contribution in [-0.4, -0.2) is 59.5 Å². The molecule has 3 unspecified atom stereocenters. The number of aliphatic hydroxyl groups is 1. The van der Waals surface area contributed by atoms with E-state index in [2.05, 4.69) is 0 Å². The van der Waals surface area contributed by atoms with E-state index in [1.54, 1.807) is 0 Å². The molecule has 0 aromatic heterocycles. The summed E-state index contributed by atoms with van der Waals surface area (Å²) in [5.41, 5.74) is 0. The molecular formula is C11H21NO4. The van der Waals surface area contributed by atoms with Crippen LogP contribution in [0.25, 0.3) is 0 Å². The van der Waals surface area contributed by atoms with Crippen LogP contribution in [0.1, 0.15) is 20.3 Å². The molecule has 0 radical (unpaired) electrons. The second-order valence-corrected chi connectivity index (χ2v) is 4.36. The zero-order chi connectivity index (χ0) is 12.1. The smallest absolute Gasteiger partial charge is 0.321 e. The fraction of sp³-hybridized carbons (Fsp3) is 0.909. The zero-order valence-corrected chi connectivity index (χ0v) is 9.93. The first-order valence-corrected chi connectivity index (χ1v) is 5.79. The molecule has 1 fully saturated rings. The Balaban J connectivity index is 2.43. The molecule has 5 nitrogen and oxygen atoms in total. The van der Waals surface area contributed by atoms with Crippen molar-refractivity contribution in [2.45, 2.75) is 32.4 Å². The third kappa shape index (κ3) is 3.43. The van der Waals surface area contributed by atoms with Crippen molar-refractivity contribution in [3.05, 3.63) is 0 Å². The van der Waals surface area contributed by atoms with Crippen LogP contribution in [0.4, 0.5) is 0 Å². The van der Waals surface area contributed by atoms with Crippen molar-refractivity contribution in [2.24, 2.45) is 5.92 Å². The maximum absolute atomic E-state index is 11.1. The summed E-state index contributed by atoms with van der Waals surface area (Å²) in [7, 11) is 0. The van der Waals surface area contributed by atoms with Gasteiger partial charge in [-0.1, -0.05) is 6.92 Å². The summed E-state index contributed by atoms with van der Waals surface area (Å²) in [6.45, 7) is 5.75. The molecule has 0 aromatic carbocycles. The number of aliphatic hydroxyl groups excluding tert-OH is 1. The predicted octanol–water partition coefficient (Wildman–Crippen LogP) is 0.179. The normalized spacial score (nSPS) is 28.2. The van der Waals surface area contributed by atoms with Crippen LogP contribution in [0, 0.1) is 5.92 Å². The molecule has 0 aromatic rings. The number of carboxylic acid groups (broad SMARTS) is 1. The Morgan fingerprint density at radius 3 is 2.88 bits per heavy atom. The van der Waals surface area contributed by atoms with Gasteiger partial charge in [0.15, 0.2) is 0 Å². The van der Waals surface area contributed by atoms with Gasteiger partial charge >= 0.3 is 5.97 Å². The number of hydrogen-bond donors (Lipinski definition) is 2. The minimum absolute atomic E-state index is 0.150. The Labute approximate surface area is 96.0 Å². The molecule has 3 atom stereocenters. The summed E-state index contributed by atoms with van der Waals surface area (Å²) >= 11 is 0. The fourth-order valence-corrected chi connectivity index (χ4v) is 2.21. The van der Waals surface area contributed by atoms with Crippen LogP contribution in [0.15, 0.2) is 0 Å². The second kappa shape index (κ2) is 6.18. The number of carbonyl (C=O) groups is 1. The lowest BCUT2D eigenvalue weighted by molar-refractivity contribution is -0.143. The Morgan fingerprint density at radius 1 is 1.62 bits per heavy atom. The zero-order valence-electron chi connectivity index (χ0n) is 9.93. The van der Waals surface area contributed by atoms with E-state index < -0.39 is 18.1 Å². The summed E-state index contributed by atoms with van der Waals surface area (Å²) < 4.78 is 5.10. The average molecular weight is 231 g/mol. The summed E-state index contributed by atoms with van der Waals surface area (Å²) in [5, 5.41) is 18.8. The van der Waals surface area contributed by atoms with Crippen molar-refractivity contribution in [2.75, 3.05) is 26.3 Å². The van der Waals surface area contributed by atoms with Crippen LogP contribution < -0.4 is 0 Å². The monoisotopic (exact) mass is 231 g/mol. The third-order valence-electron chi connectivity index (χ3n) is 3.02. The van der Waals surface area contributed by atoms with E-state index in [9.17, 15) is 9.90 Å². The van der Waals surface area contributed by atoms with Crippen LogP contribution in [-0.2, 0) is 9.53 Å². The van der Waals surface area contributed by atoms with E-state index in [0.29, 0.717) is 13.2 Å². The highest BCUT2D eigenvalue weighted by atomic mass is 16.5. The quantitative estimate of drug-likeness (QED) is 0.682. The molecule has 0 bridgehead atoms. The first-order chi connectivity index (χ1) is 7.56.